The van der Waals surface area contributed by atoms with Crippen LogP contribution in [0.25, 0.3) is 0 Å². The Morgan fingerprint density at radius 3 is 2.00 bits per heavy atom. The molecule has 0 bridgehead atoms. The molecule has 82 valence electrons. The second-order valence-corrected chi connectivity index (χ2v) is 2.87. The highest BCUT2D eigenvalue weighted by atomic mass is 35.5. The SMILES string of the molecule is N=C(N)NC(=N)N.Oc1cccc(Cl)c1. The molecule has 0 saturated carbocycles. The Morgan fingerprint density at radius 2 is 1.80 bits per heavy atom. The highest BCUT2D eigenvalue weighted by Crippen LogP contribution is 2.14. The Kier molecular flexibility index (Phi) is 5.65. The molecule has 1 aromatic rings. The largest absolute Gasteiger partial charge is 0.508 e. The number of phenolic OH excluding ortho intramolecular Hbond substituents is 1. The average molecular weight is 230 g/mol. The van der Waals surface area contributed by atoms with Gasteiger partial charge >= 0.3 is 0 Å². The van der Waals surface area contributed by atoms with Gasteiger partial charge in [0.05, 0.1) is 0 Å². The molecule has 0 aliphatic rings. The first-order valence-corrected chi connectivity index (χ1v) is 4.19. The predicted molar refractivity (Wildman–Crippen MR) is 60.1 cm³/mol. The van der Waals surface area contributed by atoms with Gasteiger partial charge < -0.3 is 16.6 Å². The van der Waals surface area contributed by atoms with Gasteiger partial charge in [0.15, 0.2) is 11.9 Å². The van der Waals surface area contributed by atoms with E-state index in [9.17, 15) is 0 Å². The highest BCUT2D eigenvalue weighted by Gasteiger charge is 1.85. The number of aromatic hydroxyl groups is 1. The van der Waals surface area contributed by atoms with E-state index in [1.807, 2.05) is 5.32 Å². The molecule has 0 spiro atoms. The van der Waals surface area contributed by atoms with Crippen molar-refractivity contribution in [3.63, 3.8) is 0 Å². The van der Waals surface area contributed by atoms with Crippen LogP contribution >= 0.6 is 11.6 Å². The standard InChI is InChI=1S/C6H5ClO.C2H7N5/c7-5-2-1-3-6(8)4-5;3-1(4)7-2(5)6/h1-4,8H;(H7,3,4,5,6,7). The van der Waals surface area contributed by atoms with Gasteiger partial charge in [0.1, 0.15) is 5.75 Å². The van der Waals surface area contributed by atoms with Crippen molar-refractivity contribution in [2.75, 3.05) is 0 Å². The lowest BCUT2D eigenvalue weighted by molar-refractivity contribution is 0.475. The Labute approximate surface area is 91.9 Å². The van der Waals surface area contributed by atoms with E-state index in [0.29, 0.717) is 5.02 Å². The summed E-state index contributed by atoms with van der Waals surface area (Å²) >= 11 is 5.48. The molecule has 0 heterocycles. The van der Waals surface area contributed by atoms with E-state index in [2.05, 4.69) is 0 Å². The lowest BCUT2D eigenvalue weighted by atomic mass is 10.3. The van der Waals surface area contributed by atoms with E-state index in [1.54, 1.807) is 18.2 Å². The lowest BCUT2D eigenvalue weighted by Gasteiger charge is -1.95. The Balaban J connectivity index is 0.000000265. The quantitative estimate of drug-likeness (QED) is 0.284. The Morgan fingerprint density at radius 1 is 1.27 bits per heavy atom. The fraction of sp³-hybridized carbons (Fsp3) is 0. The minimum atomic E-state index is -0.312. The first-order chi connectivity index (χ1) is 6.91. The van der Waals surface area contributed by atoms with Gasteiger partial charge in [-0.1, -0.05) is 17.7 Å². The summed E-state index contributed by atoms with van der Waals surface area (Å²) in [5.41, 5.74) is 9.49. The monoisotopic (exact) mass is 229 g/mol. The van der Waals surface area contributed by atoms with Crippen molar-refractivity contribution < 1.29 is 5.11 Å². The number of nitrogens with two attached hydrogens (primary N) is 2. The van der Waals surface area contributed by atoms with Crippen LogP contribution in [0.4, 0.5) is 0 Å². The van der Waals surface area contributed by atoms with E-state index in [0.717, 1.165) is 0 Å². The second kappa shape index (κ2) is 6.50. The molecule has 0 saturated heterocycles. The van der Waals surface area contributed by atoms with E-state index in [1.165, 1.54) is 6.07 Å². The van der Waals surface area contributed by atoms with Crippen LogP contribution < -0.4 is 16.8 Å². The summed E-state index contributed by atoms with van der Waals surface area (Å²) < 4.78 is 0. The summed E-state index contributed by atoms with van der Waals surface area (Å²) in [6.07, 6.45) is 0. The molecule has 1 aromatic carbocycles. The first kappa shape index (κ1) is 13.1. The van der Waals surface area contributed by atoms with Crippen LogP contribution in [-0.2, 0) is 0 Å². The molecule has 1 rings (SSSR count). The molecule has 0 aromatic heterocycles. The smallest absolute Gasteiger partial charge is 0.192 e. The summed E-state index contributed by atoms with van der Waals surface area (Å²) in [6, 6.07) is 6.46. The normalized spacial score (nSPS) is 8.33. The van der Waals surface area contributed by atoms with Crippen molar-refractivity contribution in [2.24, 2.45) is 11.5 Å². The van der Waals surface area contributed by atoms with Crippen molar-refractivity contribution in [3.05, 3.63) is 29.3 Å². The van der Waals surface area contributed by atoms with Crippen LogP contribution in [0.3, 0.4) is 0 Å². The van der Waals surface area contributed by atoms with Gasteiger partial charge in [-0.15, -0.1) is 0 Å². The number of benzene rings is 1. The summed E-state index contributed by atoms with van der Waals surface area (Å²) in [7, 11) is 0. The van der Waals surface area contributed by atoms with Crippen LogP contribution in [0.1, 0.15) is 0 Å². The summed E-state index contributed by atoms with van der Waals surface area (Å²) in [4.78, 5) is 0. The number of guanidine groups is 2. The number of hydrogen-bond acceptors (Lipinski definition) is 3. The molecule has 0 radical (unpaired) electrons. The molecule has 0 aliphatic heterocycles. The third-order valence-electron chi connectivity index (χ3n) is 1.08. The molecule has 7 heteroatoms. The van der Waals surface area contributed by atoms with Gasteiger partial charge in [0.25, 0.3) is 0 Å². The molecular weight excluding hydrogens is 218 g/mol. The average Bonchev–Trinajstić information content (AvgIpc) is 2.01. The maximum atomic E-state index is 8.73. The van der Waals surface area contributed by atoms with E-state index in [4.69, 9.17) is 39.0 Å². The van der Waals surface area contributed by atoms with Crippen LogP contribution in [-0.4, -0.2) is 17.0 Å². The van der Waals surface area contributed by atoms with E-state index >= 15 is 0 Å². The maximum absolute atomic E-state index is 8.73. The molecule has 0 fully saturated rings. The van der Waals surface area contributed by atoms with E-state index < -0.39 is 0 Å². The highest BCUT2D eigenvalue weighted by molar-refractivity contribution is 6.30. The summed E-state index contributed by atoms with van der Waals surface area (Å²) in [6.45, 7) is 0. The van der Waals surface area contributed by atoms with Crippen LogP contribution in [0, 0.1) is 10.8 Å². The van der Waals surface area contributed by atoms with Crippen LogP contribution in [0.5, 0.6) is 5.75 Å². The first-order valence-electron chi connectivity index (χ1n) is 3.81. The Hall–Kier alpha value is -1.95. The fourth-order valence-electron chi connectivity index (χ4n) is 0.621. The molecule has 0 aliphatic carbocycles. The topological polar surface area (TPSA) is 132 Å². The number of hydrogen-bond donors (Lipinski definition) is 6. The van der Waals surface area contributed by atoms with Gasteiger partial charge in [-0.25, -0.2) is 0 Å². The molecule has 15 heavy (non-hydrogen) atoms. The molecule has 0 amide bonds. The minimum Gasteiger partial charge on any atom is -0.508 e. The van der Waals surface area contributed by atoms with Crippen molar-refractivity contribution in [2.45, 2.75) is 0 Å². The lowest BCUT2D eigenvalue weighted by Crippen LogP contribution is -2.39. The number of halogens is 1. The summed E-state index contributed by atoms with van der Waals surface area (Å²) in [5.74, 6) is -0.419. The van der Waals surface area contributed by atoms with Gasteiger partial charge in [-0.3, -0.25) is 16.1 Å². The number of phenols is 1. The number of nitrogens with one attached hydrogen (secondary N) is 3. The molecular formula is C8H12ClN5O. The van der Waals surface area contributed by atoms with Gasteiger partial charge in [-0.2, -0.15) is 0 Å². The van der Waals surface area contributed by atoms with Gasteiger partial charge in [0.2, 0.25) is 0 Å². The minimum absolute atomic E-state index is 0.206. The summed E-state index contributed by atoms with van der Waals surface area (Å²) in [5, 5.41) is 24.3. The van der Waals surface area contributed by atoms with Gasteiger partial charge in [-0.05, 0) is 18.2 Å². The zero-order valence-corrected chi connectivity index (χ0v) is 8.55. The van der Waals surface area contributed by atoms with E-state index in [-0.39, 0.29) is 17.7 Å². The Bertz CT molecular complexity index is 325. The third kappa shape index (κ3) is 8.38. The molecule has 0 atom stereocenters. The molecule has 8 N–H and O–H groups in total. The van der Waals surface area contributed by atoms with Crippen molar-refractivity contribution in [1.82, 2.24) is 5.32 Å². The van der Waals surface area contributed by atoms with Crippen molar-refractivity contribution in [3.8, 4) is 5.75 Å². The van der Waals surface area contributed by atoms with Crippen molar-refractivity contribution in [1.29, 1.82) is 10.8 Å². The van der Waals surface area contributed by atoms with Gasteiger partial charge in [0, 0.05) is 5.02 Å². The zero-order valence-electron chi connectivity index (χ0n) is 7.79. The number of rotatable bonds is 0. The predicted octanol–water partition coefficient (Wildman–Crippen LogP) is 0.409. The zero-order chi connectivity index (χ0) is 11.8. The maximum Gasteiger partial charge on any atom is 0.192 e. The van der Waals surface area contributed by atoms with Crippen molar-refractivity contribution >= 4 is 23.5 Å². The molecule has 6 nitrogen and oxygen atoms in total. The third-order valence-corrected chi connectivity index (χ3v) is 1.31. The van der Waals surface area contributed by atoms with Crippen LogP contribution in [0.15, 0.2) is 24.3 Å². The second-order valence-electron chi connectivity index (χ2n) is 2.43. The fourth-order valence-corrected chi connectivity index (χ4v) is 0.806. The molecule has 0 unspecified atom stereocenters. The van der Waals surface area contributed by atoms with Crippen LogP contribution in [0.2, 0.25) is 5.02 Å².